The van der Waals surface area contributed by atoms with Crippen LogP contribution in [0.5, 0.6) is 0 Å². The van der Waals surface area contributed by atoms with Gasteiger partial charge in [0.1, 0.15) is 0 Å². The first-order chi connectivity index (χ1) is 7.90. The Morgan fingerprint density at radius 2 is 1.75 bits per heavy atom. The summed E-state index contributed by atoms with van der Waals surface area (Å²) in [7, 11) is 0. The number of hydrogen-bond acceptors (Lipinski definition) is 3. The molecule has 3 heteroatoms. The van der Waals surface area contributed by atoms with E-state index in [1.807, 2.05) is 13.8 Å². The molecule has 0 amide bonds. The lowest BCUT2D eigenvalue weighted by atomic mass is 10.2. The predicted octanol–water partition coefficient (Wildman–Crippen LogP) is 1.95. The SMILES string of the molecule is CC.CC/C=C\N1CCN(C2COC2)CC1. The van der Waals surface area contributed by atoms with Gasteiger partial charge in [-0.05, 0) is 12.6 Å². The Hall–Kier alpha value is -0.540. The molecule has 0 unspecified atom stereocenters. The summed E-state index contributed by atoms with van der Waals surface area (Å²) in [6, 6.07) is 0.715. The molecule has 2 aliphatic heterocycles. The Labute approximate surface area is 100 Å². The van der Waals surface area contributed by atoms with Crippen molar-refractivity contribution >= 4 is 0 Å². The zero-order valence-electron chi connectivity index (χ0n) is 11.0. The van der Waals surface area contributed by atoms with E-state index in [1.165, 1.54) is 26.2 Å². The number of hydrogen-bond donors (Lipinski definition) is 0. The van der Waals surface area contributed by atoms with Gasteiger partial charge < -0.3 is 9.64 Å². The summed E-state index contributed by atoms with van der Waals surface area (Å²) in [4.78, 5) is 4.97. The number of allylic oxidation sites excluding steroid dienone is 1. The van der Waals surface area contributed by atoms with Gasteiger partial charge in [-0.1, -0.05) is 26.8 Å². The van der Waals surface area contributed by atoms with Crippen molar-refractivity contribution in [3.8, 4) is 0 Å². The fourth-order valence-electron chi connectivity index (χ4n) is 1.94. The van der Waals surface area contributed by atoms with Gasteiger partial charge in [0, 0.05) is 26.2 Å². The topological polar surface area (TPSA) is 15.7 Å². The van der Waals surface area contributed by atoms with Gasteiger partial charge in [0.2, 0.25) is 0 Å². The standard InChI is InChI=1S/C11H20N2O.C2H6/c1-2-3-4-12-5-7-13(8-6-12)11-9-14-10-11;1-2/h3-4,11H,2,5-10H2,1H3;1-2H3/b4-3-;. The van der Waals surface area contributed by atoms with Crippen LogP contribution in [0.3, 0.4) is 0 Å². The third-order valence-corrected chi connectivity index (χ3v) is 3.04. The minimum absolute atomic E-state index is 0.715. The van der Waals surface area contributed by atoms with Crippen LogP contribution in [0.25, 0.3) is 0 Å². The quantitative estimate of drug-likeness (QED) is 0.731. The summed E-state index contributed by atoms with van der Waals surface area (Å²) < 4.78 is 5.21. The molecule has 2 aliphatic rings. The molecular weight excluding hydrogens is 200 g/mol. The monoisotopic (exact) mass is 226 g/mol. The molecule has 0 saturated carbocycles. The molecule has 0 N–H and O–H groups in total. The highest BCUT2D eigenvalue weighted by Crippen LogP contribution is 2.13. The Morgan fingerprint density at radius 3 is 2.19 bits per heavy atom. The largest absolute Gasteiger partial charge is 0.378 e. The summed E-state index contributed by atoms with van der Waals surface area (Å²) in [5.74, 6) is 0. The van der Waals surface area contributed by atoms with E-state index in [2.05, 4.69) is 29.0 Å². The van der Waals surface area contributed by atoms with Crippen molar-refractivity contribution in [3.63, 3.8) is 0 Å². The van der Waals surface area contributed by atoms with Gasteiger partial charge in [0.15, 0.2) is 0 Å². The molecule has 0 aromatic heterocycles. The molecule has 2 fully saturated rings. The smallest absolute Gasteiger partial charge is 0.0645 e. The van der Waals surface area contributed by atoms with E-state index in [4.69, 9.17) is 4.74 Å². The molecular formula is C13H26N2O. The highest BCUT2D eigenvalue weighted by atomic mass is 16.5. The number of rotatable bonds is 3. The van der Waals surface area contributed by atoms with Crippen molar-refractivity contribution in [1.29, 1.82) is 0 Å². The van der Waals surface area contributed by atoms with E-state index in [9.17, 15) is 0 Å². The Kier molecular flexibility index (Phi) is 6.50. The van der Waals surface area contributed by atoms with Crippen molar-refractivity contribution in [2.24, 2.45) is 0 Å². The first-order valence-corrected chi connectivity index (χ1v) is 6.62. The van der Waals surface area contributed by atoms with Crippen LogP contribution in [0.15, 0.2) is 12.3 Å². The van der Waals surface area contributed by atoms with Crippen molar-refractivity contribution in [2.75, 3.05) is 39.4 Å². The molecule has 16 heavy (non-hydrogen) atoms. The Balaban J connectivity index is 0.000000606. The summed E-state index contributed by atoms with van der Waals surface area (Å²) in [5, 5.41) is 0. The van der Waals surface area contributed by atoms with E-state index in [0.717, 1.165) is 19.6 Å². The lowest BCUT2D eigenvalue weighted by molar-refractivity contribution is -0.0740. The van der Waals surface area contributed by atoms with E-state index >= 15 is 0 Å². The molecule has 2 saturated heterocycles. The third kappa shape index (κ3) is 3.80. The molecule has 0 radical (unpaired) electrons. The average molecular weight is 226 g/mol. The third-order valence-electron chi connectivity index (χ3n) is 3.04. The first-order valence-electron chi connectivity index (χ1n) is 6.62. The minimum atomic E-state index is 0.715. The van der Waals surface area contributed by atoms with Gasteiger partial charge in [0.25, 0.3) is 0 Å². The summed E-state index contributed by atoms with van der Waals surface area (Å²) in [6.07, 6.45) is 5.62. The van der Waals surface area contributed by atoms with Crippen LogP contribution in [0, 0.1) is 0 Å². The van der Waals surface area contributed by atoms with Crippen LogP contribution in [0.4, 0.5) is 0 Å². The zero-order valence-corrected chi connectivity index (χ0v) is 11.0. The summed E-state index contributed by atoms with van der Waals surface area (Å²) >= 11 is 0. The molecule has 2 rings (SSSR count). The fraction of sp³-hybridized carbons (Fsp3) is 0.846. The second-order valence-electron chi connectivity index (χ2n) is 4.06. The number of piperazine rings is 1. The average Bonchev–Trinajstić information content (AvgIpc) is 2.29. The highest BCUT2D eigenvalue weighted by molar-refractivity contribution is 4.88. The van der Waals surface area contributed by atoms with E-state index in [0.29, 0.717) is 6.04 Å². The highest BCUT2D eigenvalue weighted by Gasteiger charge is 2.27. The van der Waals surface area contributed by atoms with Gasteiger partial charge in [0.05, 0.1) is 19.3 Å². The lowest BCUT2D eigenvalue weighted by Gasteiger charge is -2.42. The van der Waals surface area contributed by atoms with Crippen molar-refractivity contribution in [1.82, 2.24) is 9.80 Å². The van der Waals surface area contributed by atoms with Crippen LogP contribution in [-0.4, -0.2) is 55.2 Å². The maximum atomic E-state index is 5.21. The predicted molar refractivity (Wildman–Crippen MR) is 68.5 cm³/mol. The van der Waals surface area contributed by atoms with E-state index in [1.54, 1.807) is 0 Å². The maximum Gasteiger partial charge on any atom is 0.0645 e. The van der Waals surface area contributed by atoms with Crippen LogP contribution in [-0.2, 0) is 4.74 Å². The van der Waals surface area contributed by atoms with Gasteiger partial charge in [-0.15, -0.1) is 0 Å². The minimum Gasteiger partial charge on any atom is -0.378 e. The van der Waals surface area contributed by atoms with Crippen LogP contribution >= 0.6 is 0 Å². The molecule has 0 aromatic carbocycles. The first kappa shape index (κ1) is 13.5. The van der Waals surface area contributed by atoms with Crippen LogP contribution < -0.4 is 0 Å². The van der Waals surface area contributed by atoms with Gasteiger partial charge >= 0.3 is 0 Å². The summed E-state index contributed by atoms with van der Waals surface area (Å²) in [5.41, 5.74) is 0. The summed E-state index contributed by atoms with van der Waals surface area (Å²) in [6.45, 7) is 12.8. The normalized spacial score (nSPS) is 22.8. The molecule has 0 aromatic rings. The van der Waals surface area contributed by atoms with Crippen molar-refractivity contribution in [3.05, 3.63) is 12.3 Å². The second-order valence-corrected chi connectivity index (χ2v) is 4.06. The molecule has 0 bridgehead atoms. The molecule has 3 nitrogen and oxygen atoms in total. The molecule has 0 spiro atoms. The molecule has 0 aliphatic carbocycles. The van der Waals surface area contributed by atoms with Crippen LogP contribution in [0.1, 0.15) is 27.2 Å². The Morgan fingerprint density at radius 1 is 1.12 bits per heavy atom. The second kappa shape index (κ2) is 7.69. The van der Waals surface area contributed by atoms with Crippen molar-refractivity contribution in [2.45, 2.75) is 33.2 Å². The molecule has 0 atom stereocenters. The molecule has 94 valence electrons. The fourth-order valence-corrected chi connectivity index (χ4v) is 1.94. The molecule has 2 heterocycles. The van der Waals surface area contributed by atoms with Gasteiger partial charge in [-0.3, -0.25) is 4.90 Å². The van der Waals surface area contributed by atoms with E-state index < -0.39 is 0 Å². The van der Waals surface area contributed by atoms with Crippen LogP contribution in [0.2, 0.25) is 0 Å². The lowest BCUT2D eigenvalue weighted by Crippen LogP contribution is -2.55. The maximum absolute atomic E-state index is 5.21. The number of ether oxygens (including phenoxy) is 1. The Bertz CT molecular complexity index is 194. The number of nitrogens with zero attached hydrogens (tertiary/aromatic N) is 2. The van der Waals surface area contributed by atoms with Gasteiger partial charge in [-0.25, -0.2) is 0 Å². The van der Waals surface area contributed by atoms with Crippen molar-refractivity contribution < 1.29 is 4.74 Å². The zero-order chi connectivity index (χ0) is 11.8. The van der Waals surface area contributed by atoms with Gasteiger partial charge in [-0.2, -0.15) is 0 Å². The van der Waals surface area contributed by atoms with E-state index in [-0.39, 0.29) is 0 Å².